The Balaban J connectivity index is 1.49. The summed E-state index contributed by atoms with van der Waals surface area (Å²) < 4.78 is 33.0. The van der Waals surface area contributed by atoms with Crippen LogP contribution in [0.3, 0.4) is 0 Å². The number of ether oxygens (including phenoxy) is 2. The van der Waals surface area contributed by atoms with Crippen LogP contribution < -0.4 is 27.2 Å². The van der Waals surface area contributed by atoms with Crippen LogP contribution in [0.2, 0.25) is 0 Å². The SMILES string of the molecule is Cc1cn(C2CNCC(COP(=O)(Cl)N3CCC(NC(=O)C(CSSC(C)(C)C)NC(=O)OCC(C)C)CC3)O2)c(=O)[nH]c1=O. The van der Waals surface area contributed by atoms with Crippen molar-refractivity contribution < 1.29 is 28.2 Å². The predicted octanol–water partition coefficient (Wildman–Crippen LogP) is 3.21. The Hall–Kier alpha value is -1.52. The number of aryl methyl sites for hydroxylation is 1. The van der Waals surface area contributed by atoms with Gasteiger partial charge < -0.3 is 29.9 Å². The molecule has 256 valence electrons. The molecular weight excluding hydrogens is 667 g/mol. The van der Waals surface area contributed by atoms with E-state index in [1.54, 1.807) is 22.4 Å². The van der Waals surface area contributed by atoms with Crippen molar-refractivity contribution in [3.05, 3.63) is 32.6 Å². The molecule has 0 aliphatic carbocycles. The highest BCUT2D eigenvalue weighted by molar-refractivity contribution is 8.77. The van der Waals surface area contributed by atoms with E-state index in [4.69, 9.17) is 25.2 Å². The van der Waals surface area contributed by atoms with Crippen molar-refractivity contribution in [3.8, 4) is 0 Å². The van der Waals surface area contributed by atoms with E-state index in [2.05, 4.69) is 41.7 Å². The summed E-state index contributed by atoms with van der Waals surface area (Å²) in [6.07, 6.45) is 0.538. The Morgan fingerprint density at radius 3 is 2.56 bits per heavy atom. The van der Waals surface area contributed by atoms with Gasteiger partial charge in [-0.05, 0) is 36.9 Å². The van der Waals surface area contributed by atoms with Crippen LogP contribution in [0, 0.1) is 12.8 Å². The van der Waals surface area contributed by atoms with Crippen molar-refractivity contribution in [2.75, 3.05) is 45.1 Å². The topological polar surface area (TPSA) is 173 Å². The van der Waals surface area contributed by atoms with Crippen LogP contribution in [0.4, 0.5) is 4.79 Å². The van der Waals surface area contributed by atoms with E-state index in [0.717, 1.165) is 0 Å². The number of amides is 2. The van der Waals surface area contributed by atoms with Gasteiger partial charge in [0, 0.05) is 54.5 Å². The number of alkyl carbamates (subject to hydrolysis) is 1. The Labute approximate surface area is 276 Å². The summed E-state index contributed by atoms with van der Waals surface area (Å²) >= 11 is 6.39. The molecule has 2 aliphatic rings. The van der Waals surface area contributed by atoms with E-state index in [1.807, 2.05) is 13.8 Å². The second-order valence-electron chi connectivity index (χ2n) is 12.5. The first-order chi connectivity index (χ1) is 21.0. The van der Waals surface area contributed by atoms with Gasteiger partial charge in [-0.2, -0.15) is 0 Å². The summed E-state index contributed by atoms with van der Waals surface area (Å²) in [7, 11) is 3.13. The minimum absolute atomic E-state index is 0.0163. The van der Waals surface area contributed by atoms with Crippen molar-refractivity contribution in [1.82, 2.24) is 30.2 Å². The minimum Gasteiger partial charge on any atom is -0.449 e. The normalized spacial score (nSPS) is 22.0. The van der Waals surface area contributed by atoms with Crippen molar-refractivity contribution >= 4 is 51.7 Å². The molecule has 45 heavy (non-hydrogen) atoms. The predicted molar refractivity (Wildman–Crippen MR) is 178 cm³/mol. The number of hydrogen-bond donors (Lipinski definition) is 4. The summed E-state index contributed by atoms with van der Waals surface area (Å²) in [5, 5.41) is 8.87. The van der Waals surface area contributed by atoms with Gasteiger partial charge in [-0.3, -0.25) is 23.7 Å². The lowest BCUT2D eigenvalue weighted by Gasteiger charge is -2.36. The summed E-state index contributed by atoms with van der Waals surface area (Å²) in [6.45, 7) is 9.53. The molecule has 4 unspecified atom stereocenters. The quantitative estimate of drug-likeness (QED) is 0.174. The molecule has 2 aliphatic heterocycles. The van der Waals surface area contributed by atoms with Crippen LogP contribution >= 0.6 is 39.7 Å². The molecule has 0 saturated carbocycles. The number of halogens is 1. The number of piperidine rings is 1. The molecule has 18 heteroatoms. The Morgan fingerprint density at radius 2 is 1.91 bits per heavy atom. The third kappa shape index (κ3) is 12.5. The van der Waals surface area contributed by atoms with Gasteiger partial charge in [0.15, 0.2) is 6.23 Å². The smallest absolute Gasteiger partial charge is 0.407 e. The average molecular weight is 713 g/mol. The molecule has 14 nitrogen and oxygen atoms in total. The number of carbonyl (C=O) groups is 2. The van der Waals surface area contributed by atoms with E-state index in [1.165, 1.54) is 21.6 Å². The molecule has 0 spiro atoms. The largest absolute Gasteiger partial charge is 0.449 e. The highest BCUT2D eigenvalue weighted by atomic mass is 35.7. The van der Waals surface area contributed by atoms with E-state index in [9.17, 15) is 23.7 Å². The van der Waals surface area contributed by atoms with Gasteiger partial charge in [-0.1, -0.05) is 56.2 Å². The molecule has 2 saturated heterocycles. The number of carbonyl (C=O) groups excluding carboxylic acids is 2. The fourth-order valence-electron chi connectivity index (χ4n) is 4.44. The number of rotatable bonds is 13. The molecule has 4 atom stereocenters. The molecule has 2 fully saturated rings. The number of morpholine rings is 1. The fourth-order valence-corrected chi connectivity index (χ4v) is 8.75. The summed E-state index contributed by atoms with van der Waals surface area (Å²) in [4.78, 5) is 51.8. The molecule has 4 N–H and O–H groups in total. The monoisotopic (exact) mass is 712 g/mol. The number of hydrogen-bond acceptors (Lipinski definition) is 11. The first kappa shape index (κ1) is 37.9. The van der Waals surface area contributed by atoms with Crippen molar-refractivity contribution in [2.24, 2.45) is 5.92 Å². The van der Waals surface area contributed by atoms with Crippen molar-refractivity contribution in [2.45, 2.75) is 83.5 Å². The lowest BCUT2D eigenvalue weighted by atomic mass is 10.1. The van der Waals surface area contributed by atoms with Gasteiger partial charge in [-0.25, -0.2) is 14.3 Å². The number of aromatic amines is 1. The zero-order valence-electron chi connectivity index (χ0n) is 26.6. The molecule has 3 heterocycles. The van der Waals surface area contributed by atoms with Crippen LogP contribution in [-0.2, 0) is 23.4 Å². The van der Waals surface area contributed by atoms with Gasteiger partial charge in [0.2, 0.25) is 5.91 Å². The third-order valence-corrected chi connectivity index (χ3v) is 12.6. The van der Waals surface area contributed by atoms with Crippen LogP contribution in [0.25, 0.3) is 0 Å². The third-order valence-electron chi connectivity index (χ3n) is 6.77. The Bertz CT molecular complexity index is 1320. The molecule has 1 aromatic rings. The molecule has 2 amide bonds. The number of H-pyrrole nitrogens is 1. The van der Waals surface area contributed by atoms with E-state index in [0.29, 0.717) is 50.3 Å². The highest BCUT2D eigenvalue weighted by Crippen LogP contribution is 2.57. The number of nitrogens with zero attached hydrogens (tertiary/aromatic N) is 2. The van der Waals surface area contributed by atoms with Crippen LogP contribution in [-0.4, -0.2) is 94.3 Å². The first-order valence-electron chi connectivity index (χ1n) is 15.0. The van der Waals surface area contributed by atoms with Crippen molar-refractivity contribution in [1.29, 1.82) is 0 Å². The molecular formula is C27H46ClN6O8PS2. The van der Waals surface area contributed by atoms with E-state index >= 15 is 0 Å². The maximum Gasteiger partial charge on any atom is 0.407 e. The lowest BCUT2D eigenvalue weighted by Crippen LogP contribution is -2.53. The maximum atomic E-state index is 13.3. The Kier molecular flexibility index (Phi) is 14.4. The van der Waals surface area contributed by atoms with Gasteiger partial charge >= 0.3 is 18.7 Å². The molecule has 0 aromatic carbocycles. The standard InChI is InChI=1S/C27H46ClN6O8PS2/c1-17(2)14-40-26(38)31-21(16-44-45-27(4,5)6)24(36)30-19-7-9-33(10-8-19)43(28,39)41-15-20-11-29-12-22(42-20)34-13-18(3)23(35)32-25(34)37/h13,17,19-22,29H,7-12,14-16H2,1-6H3,(H,30,36)(H,31,38)(H,32,35,37). The van der Waals surface area contributed by atoms with E-state index < -0.39 is 42.6 Å². The summed E-state index contributed by atoms with van der Waals surface area (Å²) in [6, 6.07) is -0.985. The second kappa shape index (κ2) is 17.0. The van der Waals surface area contributed by atoms with Crippen LogP contribution in [0.5, 0.6) is 0 Å². The zero-order chi connectivity index (χ0) is 33.4. The molecule has 0 radical (unpaired) electrons. The molecule has 1 aromatic heterocycles. The first-order valence-corrected chi connectivity index (χ1v) is 19.8. The Morgan fingerprint density at radius 1 is 1.22 bits per heavy atom. The lowest BCUT2D eigenvalue weighted by molar-refractivity contribution is -0.123. The van der Waals surface area contributed by atoms with Gasteiger partial charge in [-0.15, -0.1) is 0 Å². The van der Waals surface area contributed by atoms with Crippen LogP contribution in [0.1, 0.15) is 59.3 Å². The summed E-state index contributed by atoms with van der Waals surface area (Å²) in [5.74, 6) is 0.224. The fraction of sp³-hybridized carbons (Fsp3) is 0.778. The summed E-state index contributed by atoms with van der Waals surface area (Å²) in [5.41, 5.74) is -0.678. The van der Waals surface area contributed by atoms with Gasteiger partial charge in [0.05, 0.1) is 19.3 Å². The van der Waals surface area contributed by atoms with Crippen molar-refractivity contribution in [3.63, 3.8) is 0 Å². The maximum absolute atomic E-state index is 13.3. The number of nitrogens with one attached hydrogen (secondary N) is 4. The molecule has 3 rings (SSSR count). The second-order valence-corrected chi connectivity index (χ2v) is 18.7. The number of aromatic nitrogens is 2. The molecule has 0 bridgehead atoms. The van der Waals surface area contributed by atoms with E-state index in [-0.39, 0.29) is 35.8 Å². The van der Waals surface area contributed by atoms with Crippen LogP contribution in [0.15, 0.2) is 15.8 Å². The van der Waals surface area contributed by atoms with Gasteiger partial charge in [0.1, 0.15) is 6.04 Å². The highest BCUT2D eigenvalue weighted by Gasteiger charge is 2.36. The van der Waals surface area contributed by atoms with Gasteiger partial charge in [0.25, 0.3) is 5.56 Å². The zero-order valence-corrected chi connectivity index (χ0v) is 29.9. The minimum atomic E-state index is -3.71. The average Bonchev–Trinajstić information content (AvgIpc) is 2.96.